The number of alkyl halides is 3. The first-order valence-corrected chi connectivity index (χ1v) is 15.1. The van der Waals surface area contributed by atoms with E-state index in [1.807, 2.05) is 11.0 Å². The third-order valence-electron chi connectivity index (χ3n) is 8.89. The van der Waals surface area contributed by atoms with Gasteiger partial charge in [-0.1, -0.05) is 0 Å². The number of fused-ring (bicyclic) bond motifs is 1. The second kappa shape index (κ2) is 12.7. The number of aromatic nitrogens is 2. The second-order valence-electron chi connectivity index (χ2n) is 11.8. The number of anilines is 2. The average Bonchev–Trinajstić information content (AvgIpc) is 3.30. The smallest absolute Gasteiger partial charge is 0.381 e. The first-order valence-electron chi connectivity index (χ1n) is 15.1. The minimum atomic E-state index is -5.29. The predicted molar refractivity (Wildman–Crippen MR) is 155 cm³/mol. The van der Waals surface area contributed by atoms with E-state index in [0.717, 1.165) is 56.2 Å². The number of piperidine rings is 2. The summed E-state index contributed by atoms with van der Waals surface area (Å²) in [5.41, 5.74) is 0.808. The Bertz CT molecular complexity index is 1620. The molecule has 47 heavy (non-hydrogen) atoms. The Morgan fingerprint density at radius 3 is 2.19 bits per heavy atom. The van der Waals surface area contributed by atoms with Gasteiger partial charge in [-0.2, -0.15) is 13.2 Å². The van der Waals surface area contributed by atoms with Crippen molar-refractivity contribution in [3.8, 4) is 0 Å². The van der Waals surface area contributed by atoms with Crippen molar-refractivity contribution >= 4 is 47.1 Å². The van der Waals surface area contributed by atoms with Gasteiger partial charge in [-0.25, -0.2) is 9.59 Å². The van der Waals surface area contributed by atoms with E-state index in [0.29, 0.717) is 24.8 Å². The molecule has 0 saturated carbocycles. The maximum absolute atomic E-state index is 13.2. The number of ether oxygens (including phenoxy) is 1. The third-order valence-corrected chi connectivity index (χ3v) is 8.89. The number of carbonyl (C=O) groups is 6. The lowest BCUT2D eigenvalue weighted by atomic mass is 9.96. The number of amides is 4. The zero-order chi connectivity index (χ0) is 33.5. The molecular weight excluding hydrogens is 627 g/mol. The molecule has 1 unspecified atom stereocenters. The highest BCUT2D eigenvalue weighted by molar-refractivity contribution is 6.23. The first-order chi connectivity index (χ1) is 22.4. The van der Waals surface area contributed by atoms with Gasteiger partial charge in [-0.3, -0.25) is 34.3 Å². The molecule has 0 radical (unpaired) electrons. The van der Waals surface area contributed by atoms with Gasteiger partial charge >= 0.3 is 18.1 Å². The SMILES string of the molecule is O=C1CCC(N2C(=O)c3ccc(N4CCN(CC5CCN(c6ccc(C(=O)OC(=O)C(F)(F)F)nn6)CC5)CC4)cc3C2=O)C(=O)N1. The quantitative estimate of drug-likeness (QED) is 0.269. The molecule has 1 aromatic heterocycles. The van der Waals surface area contributed by atoms with Crippen LogP contribution < -0.4 is 15.1 Å². The summed E-state index contributed by atoms with van der Waals surface area (Å²) >= 11 is 0. The van der Waals surface area contributed by atoms with Crippen LogP contribution in [-0.2, 0) is 19.1 Å². The summed E-state index contributed by atoms with van der Waals surface area (Å²) in [4.78, 5) is 80.2. The van der Waals surface area contributed by atoms with Crippen LogP contribution in [-0.4, -0.2) is 114 Å². The highest BCUT2D eigenvalue weighted by atomic mass is 19.4. The van der Waals surface area contributed by atoms with Gasteiger partial charge in [0.1, 0.15) is 6.04 Å². The second-order valence-corrected chi connectivity index (χ2v) is 11.8. The number of imide groups is 2. The molecule has 6 rings (SSSR count). The van der Waals surface area contributed by atoms with Crippen molar-refractivity contribution in [2.24, 2.45) is 5.92 Å². The number of carbonyl (C=O) groups excluding carboxylic acids is 6. The summed E-state index contributed by atoms with van der Waals surface area (Å²) in [5, 5.41) is 9.76. The maximum Gasteiger partial charge on any atom is 0.491 e. The minimum Gasteiger partial charge on any atom is -0.381 e. The van der Waals surface area contributed by atoms with Gasteiger partial charge in [-0.05, 0) is 55.5 Å². The number of halogens is 3. The summed E-state index contributed by atoms with van der Waals surface area (Å²) in [6.07, 6.45) is -3.39. The Morgan fingerprint density at radius 1 is 0.851 bits per heavy atom. The molecule has 1 N–H and O–H groups in total. The molecule has 14 nitrogen and oxygen atoms in total. The van der Waals surface area contributed by atoms with Crippen LogP contribution in [0, 0.1) is 5.92 Å². The molecule has 248 valence electrons. The van der Waals surface area contributed by atoms with Gasteiger partial charge < -0.3 is 14.5 Å². The molecule has 2 aromatic rings. The fourth-order valence-electron chi connectivity index (χ4n) is 6.35. The summed E-state index contributed by atoms with van der Waals surface area (Å²) in [7, 11) is 0. The van der Waals surface area contributed by atoms with Crippen molar-refractivity contribution in [3.63, 3.8) is 0 Å². The summed E-state index contributed by atoms with van der Waals surface area (Å²) in [6, 6.07) is 6.75. The van der Waals surface area contributed by atoms with E-state index in [9.17, 15) is 41.9 Å². The van der Waals surface area contributed by atoms with E-state index < -0.39 is 53.5 Å². The van der Waals surface area contributed by atoms with Crippen molar-refractivity contribution in [1.82, 2.24) is 25.3 Å². The zero-order valence-corrected chi connectivity index (χ0v) is 25.0. The van der Waals surface area contributed by atoms with Gasteiger partial charge in [0.05, 0.1) is 11.1 Å². The molecule has 0 spiro atoms. The van der Waals surface area contributed by atoms with Gasteiger partial charge in [-0.15, -0.1) is 10.2 Å². The lowest BCUT2D eigenvalue weighted by molar-refractivity contribution is -0.193. The van der Waals surface area contributed by atoms with Crippen LogP contribution in [0.2, 0.25) is 0 Å². The monoisotopic (exact) mass is 657 g/mol. The molecule has 17 heteroatoms. The van der Waals surface area contributed by atoms with E-state index in [4.69, 9.17) is 0 Å². The lowest BCUT2D eigenvalue weighted by Crippen LogP contribution is -2.54. The van der Waals surface area contributed by atoms with Crippen LogP contribution in [0.15, 0.2) is 30.3 Å². The topological polar surface area (TPSA) is 162 Å². The van der Waals surface area contributed by atoms with Crippen LogP contribution >= 0.6 is 0 Å². The molecule has 3 saturated heterocycles. The number of piperazine rings is 1. The number of nitrogens with one attached hydrogen (secondary N) is 1. The molecule has 1 atom stereocenters. The van der Waals surface area contributed by atoms with Crippen molar-refractivity contribution in [1.29, 1.82) is 0 Å². The number of nitrogens with zero attached hydrogens (tertiary/aromatic N) is 6. The normalized spacial score (nSPS) is 21.2. The van der Waals surface area contributed by atoms with Crippen molar-refractivity contribution < 1.29 is 46.7 Å². The Balaban J connectivity index is 0.970. The Kier molecular flexibility index (Phi) is 8.65. The van der Waals surface area contributed by atoms with Crippen molar-refractivity contribution in [3.05, 3.63) is 47.2 Å². The minimum absolute atomic E-state index is 0.0600. The highest BCUT2D eigenvalue weighted by Gasteiger charge is 2.45. The van der Waals surface area contributed by atoms with Crippen LogP contribution in [0.25, 0.3) is 0 Å². The van der Waals surface area contributed by atoms with Gasteiger partial charge in [0.2, 0.25) is 11.8 Å². The van der Waals surface area contributed by atoms with E-state index in [-0.39, 0.29) is 24.0 Å². The van der Waals surface area contributed by atoms with Crippen LogP contribution in [0.3, 0.4) is 0 Å². The van der Waals surface area contributed by atoms with Gasteiger partial charge in [0, 0.05) is 57.9 Å². The van der Waals surface area contributed by atoms with Crippen LogP contribution in [0.5, 0.6) is 0 Å². The fourth-order valence-corrected chi connectivity index (χ4v) is 6.35. The largest absolute Gasteiger partial charge is 0.491 e. The Hall–Kier alpha value is -4.93. The average molecular weight is 658 g/mol. The fraction of sp³-hybridized carbons (Fsp3) is 0.467. The predicted octanol–water partition coefficient (Wildman–Crippen LogP) is 1.16. The van der Waals surface area contributed by atoms with Crippen LogP contribution in [0.1, 0.15) is 56.9 Å². The van der Waals surface area contributed by atoms with E-state index in [1.54, 1.807) is 12.1 Å². The molecule has 0 aliphatic carbocycles. The number of rotatable bonds is 6. The van der Waals surface area contributed by atoms with E-state index in [2.05, 4.69) is 30.1 Å². The zero-order valence-electron chi connectivity index (χ0n) is 25.0. The number of esters is 2. The summed E-state index contributed by atoms with van der Waals surface area (Å²) in [6.45, 7) is 5.27. The molecule has 4 aliphatic rings. The van der Waals surface area contributed by atoms with Crippen molar-refractivity contribution in [2.75, 3.05) is 55.6 Å². The van der Waals surface area contributed by atoms with Gasteiger partial charge in [0.25, 0.3) is 11.8 Å². The summed E-state index contributed by atoms with van der Waals surface area (Å²) < 4.78 is 40.8. The van der Waals surface area contributed by atoms with E-state index in [1.165, 1.54) is 12.1 Å². The molecule has 4 aliphatic heterocycles. The third kappa shape index (κ3) is 6.65. The highest BCUT2D eigenvalue weighted by Crippen LogP contribution is 2.31. The lowest BCUT2D eigenvalue weighted by Gasteiger charge is -2.39. The Labute approximate surface area is 265 Å². The molecular formula is C30H30F3N7O7. The maximum atomic E-state index is 13.2. The number of hydrogen-bond donors (Lipinski definition) is 1. The number of hydrogen-bond acceptors (Lipinski definition) is 12. The number of benzene rings is 1. The summed E-state index contributed by atoms with van der Waals surface area (Å²) in [5.74, 6) is -5.39. The molecule has 4 amide bonds. The van der Waals surface area contributed by atoms with Crippen molar-refractivity contribution in [2.45, 2.75) is 37.9 Å². The molecule has 3 fully saturated rings. The molecule has 0 bridgehead atoms. The first kappa shape index (κ1) is 32.0. The molecule has 5 heterocycles. The Morgan fingerprint density at radius 2 is 1.55 bits per heavy atom. The van der Waals surface area contributed by atoms with E-state index >= 15 is 0 Å². The standard InChI is InChI=1S/C30H30F3N7O7/c31-30(32,33)29(46)47-28(45)21-3-5-23(36-35-21)39-9-7-17(8-10-39)16-37-11-13-38(14-12-37)18-1-2-19-20(15-18)27(44)40(26(19)43)22-4-6-24(41)34-25(22)42/h1-3,5,15,17,22H,4,6-14,16H2,(H,34,41,42). The van der Waals surface area contributed by atoms with Crippen LogP contribution in [0.4, 0.5) is 24.7 Å². The van der Waals surface area contributed by atoms with Gasteiger partial charge in [0.15, 0.2) is 11.5 Å². The molecule has 1 aromatic carbocycles.